The predicted molar refractivity (Wildman–Crippen MR) is 122 cm³/mol. The van der Waals surface area contributed by atoms with Crippen molar-refractivity contribution in [2.45, 2.75) is 25.7 Å². The number of fused-ring (bicyclic) bond motifs is 1. The zero-order valence-electron chi connectivity index (χ0n) is 17.4. The monoisotopic (exact) mass is 432 g/mol. The number of carbonyl (C=O) groups is 1. The molecule has 4 heterocycles. The van der Waals surface area contributed by atoms with Gasteiger partial charge in [-0.3, -0.25) is 4.79 Å². The molecule has 0 aliphatic carbocycles. The standard InChI is InChI=1S/C24H24N4O2S/c1-17-5-2-3-6-20(17)30-16-23(29)27-12-10-18(11-13-27)24-25-22-9-8-19(15-28(22)26-24)21-7-4-14-31-21/h2-9,14-15,18H,10-13,16H2,1H3. The van der Waals surface area contributed by atoms with E-state index in [9.17, 15) is 4.79 Å². The van der Waals surface area contributed by atoms with E-state index in [0.29, 0.717) is 13.1 Å². The molecule has 1 aliphatic heterocycles. The Morgan fingerprint density at radius 3 is 2.74 bits per heavy atom. The van der Waals surface area contributed by atoms with Gasteiger partial charge in [-0.15, -0.1) is 11.3 Å². The number of para-hydroxylation sites is 1. The lowest BCUT2D eigenvalue weighted by molar-refractivity contribution is -0.134. The first kappa shape index (κ1) is 19.8. The molecular weight excluding hydrogens is 408 g/mol. The molecule has 5 rings (SSSR count). The van der Waals surface area contributed by atoms with Crippen LogP contribution in [0.15, 0.2) is 60.1 Å². The molecule has 7 heteroatoms. The number of rotatable bonds is 5. The number of nitrogens with zero attached hydrogens (tertiary/aromatic N) is 4. The van der Waals surface area contributed by atoms with E-state index in [-0.39, 0.29) is 18.4 Å². The van der Waals surface area contributed by atoms with Crippen LogP contribution in [0.3, 0.4) is 0 Å². The van der Waals surface area contributed by atoms with Crippen molar-refractivity contribution < 1.29 is 9.53 Å². The summed E-state index contributed by atoms with van der Waals surface area (Å²) in [6, 6.07) is 16.0. The minimum atomic E-state index is 0.0326. The van der Waals surface area contributed by atoms with Gasteiger partial charge >= 0.3 is 0 Å². The molecule has 4 aromatic rings. The van der Waals surface area contributed by atoms with E-state index in [0.717, 1.165) is 41.2 Å². The van der Waals surface area contributed by atoms with E-state index >= 15 is 0 Å². The van der Waals surface area contributed by atoms with Crippen LogP contribution in [0.5, 0.6) is 5.75 Å². The Hall–Kier alpha value is -3.19. The number of pyridine rings is 1. The van der Waals surface area contributed by atoms with Crippen molar-refractivity contribution in [3.05, 3.63) is 71.5 Å². The highest BCUT2D eigenvalue weighted by Gasteiger charge is 2.26. The average molecular weight is 433 g/mol. The molecular formula is C24H24N4O2S. The molecule has 158 valence electrons. The number of benzene rings is 1. The van der Waals surface area contributed by atoms with Gasteiger partial charge in [0.2, 0.25) is 0 Å². The number of ether oxygens (including phenoxy) is 1. The summed E-state index contributed by atoms with van der Waals surface area (Å²) in [7, 11) is 0. The minimum Gasteiger partial charge on any atom is -0.484 e. The van der Waals surface area contributed by atoms with Crippen LogP contribution in [0.4, 0.5) is 0 Å². The summed E-state index contributed by atoms with van der Waals surface area (Å²) in [5.74, 6) is 1.94. The highest BCUT2D eigenvalue weighted by Crippen LogP contribution is 2.28. The molecule has 0 radical (unpaired) electrons. The second-order valence-corrected chi connectivity index (χ2v) is 8.82. The number of hydrogen-bond acceptors (Lipinski definition) is 5. The summed E-state index contributed by atoms with van der Waals surface area (Å²) in [6.07, 6.45) is 3.77. The van der Waals surface area contributed by atoms with Gasteiger partial charge in [-0.1, -0.05) is 24.3 Å². The van der Waals surface area contributed by atoms with Crippen LogP contribution in [0.2, 0.25) is 0 Å². The Morgan fingerprint density at radius 1 is 1.13 bits per heavy atom. The first-order chi connectivity index (χ1) is 15.2. The molecule has 0 unspecified atom stereocenters. The number of amides is 1. The third kappa shape index (κ3) is 4.18. The van der Waals surface area contributed by atoms with Gasteiger partial charge in [0.05, 0.1) is 0 Å². The molecule has 1 aliphatic rings. The van der Waals surface area contributed by atoms with E-state index < -0.39 is 0 Å². The fourth-order valence-corrected chi connectivity index (χ4v) is 4.72. The average Bonchev–Trinajstić information content (AvgIpc) is 3.48. The number of aryl methyl sites for hydroxylation is 1. The third-order valence-corrected chi connectivity index (χ3v) is 6.73. The summed E-state index contributed by atoms with van der Waals surface area (Å²) >= 11 is 1.72. The van der Waals surface area contributed by atoms with E-state index in [4.69, 9.17) is 14.8 Å². The molecule has 1 fully saturated rings. The molecule has 0 spiro atoms. The molecule has 1 aromatic carbocycles. The van der Waals surface area contributed by atoms with Crippen molar-refractivity contribution in [3.63, 3.8) is 0 Å². The largest absolute Gasteiger partial charge is 0.484 e. The van der Waals surface area contributed by atoms with Gasteiger partial charge in [0, 0.05) is 35.6 Å². The lowest BCUT2D eigenvalue weighted by atomic mass is 9.96. The van der Waals surface area contributed by atoms with Gasteiger partial charge in [-0.2, -0.15) is 5.10 Å². The van der Waals surface area contributed by atoms with E-state index in [2.05, 4.69) is 23.6 Å². The van der Waals surface area contributed by atoms with Crippen LogP contribution >= 0.6 is 11.3 Å². The van der Waals surface area contributed by atoms with Crippen molar-refractivity contribution in [2.75, 3.05) is 19.7 Å². The van der Waals surface area contributed by atoms with E-state index in [1.165, 1.54) is 4.88 Å². The molecule has 1 saturated heterocycles. The molecule has 0 atom stereocenters. The normalized spacial score (nSPS) is 14.8. The van der Waals surface area contributed by atoms with E-state index in [1.54, 1.807) is 11.3 Å². The molecule has 0 N–H and O–H groups in total. The number of likely N-dealkylation sites (tertiary alicyclic amines) is 1. The lowest BCUT2D eigenvalue weighted by Crippen LogP contribution is -2.40. The van der Waals surface area contributed by atoms with Gasteiger partial charge in [-0.25, -0.2) is 9.50 Å². The number of carbonyl (C=O) groups excluding carboxylic acids is 1. The predicted octanol–water partition coefficient (Wildman–Crippen LogP) is 4.55. The number of hydrogen-bond donors (Lipinski definition) is 0. The van der Waals surface area contributed by atoms with Crippen LogP contribution in [-0.2, 0) is 4.79 Å². The molecule has 31 heavy (non-hydrogen) atoms. The summed E-state index contributed by atoms with van der Waals surface area (Å²) in [5.41, 5.74) is 3.04. The summed E-state index contributed by atoms with van der Waals surface area (Å²) in [4.78, 5) is 20.4. The fourth-order valence-electron chi connectivity index (χ4n) is 4.00. The van der Waals surface area contributed by atoms with Gasteiger partial charge < -0.3 is 9.64 Å². The maximum Gasteiger partial charge on any atom is 0.260 e. The summed E-state index contributed by atoms with van der Waals surface area (Å²) in [5, 5.41) is 6.82. The summed E-state index contributed by atoms with van der Waals surface area (Å²) < 4.78 is 7.60. The van der Waals surface area contributed by atoms with Crippen LogP contribution in [0.1, 0.15) is 30.1 Å². The van der Waals surface area contributed by atoms with Gasteiger partial charge in [0.1, 0.15) is 5.75 Å². The highest BCUT2D eigenvalue weighted by molar-refractivity contribution is 7.13. The molecule has 0 bridgehead atoms. The molecule has 3 aromatic heterocycles. The van der Waals surface area contributed by atoms with Gasteiger partial charge in [0.25, 0.3) is 5.91 Å². The van der Waals surface area contributed by atoms with Crippen molar-refractivity contribution in [2.24, 2.45) is 0 Å². The smallest absolute Gasteiger partial charge is 0.260 e. The number of thiophene rings is 1. The highest BCUT2D eigenvalue weighted by atomic mass is 32.1. The fraction of sp³-hybridized carbons (Fsp3) is 0.292. The molecule has 6 nitrogen and oxygen atoms in total. The third-order valence-electron chi connectivity index (χ3n) is 5.81. The van der Waals surface area contributed by atoms with Crippen molar-refractivity contribution >= 4 is 22.9 Å². The lowest BCUT2D eigenvalue weighted by Gasteiger charge is -2.30. The topological polar surface area (TPSA) is 59.7 Å². The SMILES string of the molecule is Cc1ccccc1OCC(=O)N1CCC(c2nc3ccc(-c4cccs4)cn3n2)CC1. The van der Waals surface area contributed by atoms with E-state index in [1.807, 2.05) is 52.9 Å². The molecule has 1 amide bonds. The Kier molecular flexibility index (Phi) is 5.42. The maximum atomic E-state index is 12.6. The number of aromatic nitrogens is 3. The Morgan fingerprint density at radius 2 is 1.97 bits per heavy atom. The van der Waals surface area contributed by atoms with Crippen LogP contribution in [0.25, 0.3) is 16.1 Å². The minimum absolute atomic E-state index is 0.0326. The molecule has 0 saturated carbocycles. The Labute approximate surface area is 185 Å². The quantitative estimate of drug-likeness (QED) is 0.464. The van der Waals surface area contributed by atoms with Crippen molar-refractivity contribution in [3.8, 4) is 16.2 Å². The van der Waals surface area contributed by atoms with Crippen LogP contribution < -0.4 is 4.74 Å². The Balaban J connectivity index is 1.20. The first-order valence-corrected chi connectivity index (χ1v) is 11.4. The first-order valence-electron chi connectivity index (χ1n) is 10.5. The second kappa shape index (κ2) is 8.51. The van der Waals surface area contributed by atoms with Gasteiger partial charge in [0.15, 0.2) is 18.1 Å². The zero-order valence-corrected chi connectivity index (χ0v) is 18.2. The number of piperidine rings is 1. The van der Waals surface area contributed by atoms with Crippen LogP contribution in [-0.4, -0.2) is 45.1 Å². The zero-order chi connectivity index (χ0) is 21.2. The van der Waals surface area contributed by atoms with Gasteiger partial charge in [-0.05, 0) is 55.0 Å². The summed E-state index contributed by atoms with van der Waals surface area (Å²) in [6.45, 7) is 3.47. The van der Waals surface area contributed by atoms with Crippen LogP contribution in [0, 0.1) is 6.92 Å². The van der Waals surface area contributed by atoms with Crippen molar-refractivity contribution in [1.82, 2.24) is 19.5 Å². The second-order valence-electron chi connectivity index (χ2n) is 7.88. The maximum absolute atomic E-state index is 12.6. The van der Waals surface area contributed by atoms with Crippen molar-refractivity contribution in [1.29, 1.82) is 0 Å². The Bertz CT molecular complexity index is 1190.